The van der Waals surface area contributed by atoms with Crippen LogP contribution >= 0.6 is 0 Å². The molecule has 3 nitrogen and oxygen atoms in total. The second-order valence-corrected chi connectivity index (χ2v) is 6.86. The Morgan fingerprint density at radius 1 is 1.27 bits per heavy atom. The molecule has 1 N–H and O–H groups in total. The van der Waals surface area contributed by atoms with E-state index in [4.69, 9.17) is 0 Å². The lowest BCUT2D eigenvalue weighted by Crippen LogP contribution is -2.34. The first-order valence-electron chi connectivity index (χ1n) is 8.13. The van der Waals surface area contributed by atoms with Crippen molar-refractivity contribution < 1.29 is 4.79 Å². The van der Waals surface area contributed by atoms with Gasteiger partial charge in [-0.1, -0.05) is 30.4 Å². The third-order valence-electron chi connectivity index (χ3n) is 5.44. The van der Waals surface area contributed by atoms with Crippen molar-refractivity contribution in [3.05, 3.63) is 47.7 Å². The third kappa shape index (κ3) is 2.07. The molecule has 1 amide bonds. The van der Waals surface area contributed by atoms with Gasteiger partial charge in [-0.25, -0.2) is 0 Å². The maximum Gasteiger partial charge on any atom is 0.226 e. The molecule has 0 aliphatic heterocycles. The number of nitrogens with zero attached hydrogens (tertiary/aromatic N) is 1. The predicted molar refractivity (Wildman–Crippen MR) is 88.4 cm³/mol. The van der Waals surface area contributed by atoms with Crippen LogP contribution in [0.25, 0.3) is 10.9 Å². The fourth-order valence-corrected chi connectivity index (χ4v) is 4.16. The number of H-pyrrole nitrogens is 1. The molecule has 1 aromatic carbocycles. The SMILES string of the molecule is Cc1c(CN(C)C(=O)[C@@H]2C[C@@H]3C=C[C@H]2C3)[nH]c2ccccc12. The molecule has 0 saturated heterocycles. The molecule has 2 aromatic rings. The summed E-state index contributed by atoms with van der Waals surface area (Å²) in [6.45, 7) is 2.80. The number of hydrogen-bond donors (Lipinski definition) is 1. The number of fused-ring (bicyclic) bond motifs is 3. The van der Waals surface area contributed by atoms with Crippen LogP contribution in [0.4, 0.5) is 0 Å². The van der Waals surface area contributed by atoms with Gasteiger partial charge in [-0.15, -0.1) is 0 Å². The fourth-order valence-electron chi connectivity index (χ4n) is 4.16. The molecule has 22 heavy (non-hydrogen) atoms. The maximum atomic E-state index is 12.7. The minimum Gasteiger partial charge on any atom is -0.357 e. The molecule has 0 radical (unpaired) electrons. The maximum absolute atomic E-state index is 12.7. The summed E-state index contributed by atoms with van der Waals surface area (Å²) in [5, 5.41) is 1.25. The standard InChI is InChI=1S/C19H22N2O/c1-12-15-5-3-4-6-17(15)20-18(12)11-21(2)19(22)16-10-13-7-8-14(16)9-13/h3-8,13-14,16,20H,9-11H2,1-2H3/t13-,14+,16-/m1/s1. The molecular formula is C19H22N2O. The van der Waals surface area contributed by atoms with E-state index < -0.39 is 0 Å². The molecule has 2 aliphatic carbocycles. The monoisotopic (exact) mass is 294 g/mol. The number of para-hydroxylation sites is 1. The molecule has 1 aromatic heterocycles. The topological polar surface area (TPSA) is 36.1 Å². The van der Waals surface area contributed by atoms with Gasteiger partial charge in [-0.3, -0.25) is 4.79 Å². The van der Waals surface area contributed by atoms with Gasteiger partial charge >= 0.3 is 0 Å². The summed E-state index contributed by atoms with van der Waals surface area (Å²) in [6, 6.07) is 8.32. The Morgan fingerprint density at radius 3 is 2.77 bits per heavy atom. The Morgan fingerprint density at radius 2 is 2.09 bits per heavy atom. The summed E-state index contributed by atoms with van der Waals surface area (Å²) in [6.07, 6.45) is 6.75. The van der Waals surface area contributed by atoms with Crippen LogP contribution in [0.1, 0.15) is 24.1 Å². The van der Waals surface area contributed by atoms with Gasteiger partial charge in [0.1, 0.15) is 0 Å². The highest BCUT2D eigenvalue weighted by molar-refractivity contribution is 5.85. The number of rotatable bonds is 3. The van der Waals surface area contributed by atoms with Crippen LogP contribution in [-0.4, -0.2) is 22.8 Å². The Balaban J connectivity index is 1.53. The minimum atomic E-state index is 0.199. The number of carbonyl (C=O) groups excluding carboxylic acids is 1. The van der Waals surface area contributed by atoms with E-state index in [1.807, 2.05) is 18.0 Å². The van der Waals surface area contributed by atoms with Gasteiger partial charge in [-0.05, 0) is 43.2 Å². The normalized spacial score (nSPS) is 26.0. The number of aromatic amines is 1. The summed E-state index contributed by atoms with van der Waals surface area (Å²) >= 11 is 0. The van der Waals surface area contributed by atoms with Crippen LogP contribution < -0.4 is 0 Å². The second kappa shape index (κ2) is 5.01. The average Bonchev–Trinajstić information content (AvgIpc) is 3.22. The number of amides is 1. The quantitative estimate of drug-likeness (QED) is 0.862. The highest BCUT2D eigenvalue weighted by atomic mass is 16.2. The van der Waals surface area contributed by atoms with Crippen LogP contribution in [0.5, 0.6) is 0 Å². The smallest absolute Gasteiger partial charge is 0.226 e. The van der Waals surface area contributed by atoms with Gasteiger partial charge in [0, 0.05) is 29.6 Å². The number of allylic oxidation sites excluding steroid dienone is 2. The van der Waals surface area contributed by atoms with Crippen LogP contribution in [0.15, 0.2) is 36.4 Å². The van der Waals surface area contributed by atoms with Gasteiger partial charge in [-0.2, -0.15) is 0 Å². The highest BCUT2D eigenvalue weighted by Gasteiger charge is 2.40. The van der Waals surface area contributed by atoms with Crippen LogP contribution in [0, 0.1) is 24.7 Å². The van der Waals surface area contributed by atoms with E-state index in [1.165, 1.54) is 17.4 Å². The highest BCUT2D eigenvalue weighted by Crippen LogP contribution is 2.44. The molecule has 0 spiro atoms. The minimum absolute atomic E-state index is 0.199. The van der Waals surface area contributed by atoms with E-state index in [0.717, 1.165) is 17.6 Å². The molecule has 1 fully saturated rings. The first-order valence-corrected chi connectivity index (χ1v) is 8.13. The third-order valence-corrected chi connectivity index (χ3v) is 5.44. The van der Waals surface area contributed by atoms with E-state index in [9.17, 15) is 4.79 Å². The number of carbonyl (C=O) groups is 1. The van der Waals surface area contributed by atoms with Gasteiger partial charge in [0.2, 0.25) is 5.91 Å². The number of aryl methyl sites for hydroxylation is 1. The second-order valence-electron chi connectivity index (χ2n) is 6.86. The molecule has 1 heterocycles. The summed E-state index contributed by atoms with van der Waals surface area (Å²) in [4.78, 5) is 18.1. The van der Waals surface area contributed by atoms with E-state index in [0.29, 0.717) is 24.3 Å². The lowest BCUT2D eigenvalue weighted by atomic mass is 9.92. The molecular weight excluding hydrogens is 272 g/mol. The van der Waals surface area contributed by atoms with Gasteiger partial charge < -0.3 is 9.88 Å². The van der Waals surface area contributed by atoms with Crippen molar-refractivity contribution in [1.29, 1.82) is 0 Å². The van der Waals surface area contributed by atoms with Crippen molar-refractivity contribution in [2.75, 3.05) is 7.05 Å². The predicted octanol–water partition coefficient (Wildman–Crippen LogP) is 3.65. The van der Waals surface area contributed by atoms with Crippen LogP contribution in [0.3, 0.4) is 0 Å². The van der Waals surface area contributed by atoms with Gasteiger partial charge in [0.15, 0.2) is 0 Å². The zero-order valence-electron chi connectivity index (χ0n) is 13.2. The fraction of sp³-hybridized carbons (Fsp3) is 0.421. The molecule has 2 aliphatic rings. The first-order chi connectivity index (χ1) is 10.6. The molecule has 114 valence electrons. The first kappa shape index (κ1) is 13.6. The number of nitrogens with one attached hydrogen (secondary N) is 1. The summed E-state index contributed by atoms with van der Waals surface area (Å²) in [5.74, 6) is 1.62. The summed E-state index contributed by atoms with van der Waals surface area (Å²) in [7, 11) is 1.93. The van der Waals surface area contributed by atoms with Crippen molar-refractivity contribution in [2.24, 2.45) is 17.8 Å². The number of aromatic nitrogens is 1. The Hall–Kier alpha value is -2.03. The Bertz CT molecular complexity index is 758. The van der Waals surface area contributed by atoms with E-state index >= 15 is 0 Å². The molecule has 1 saturated carbocycles. The van der Waals surface area contributed by atoms with Gasteiger partial charge in [0.25, 0.3) is 0 Å². The van der Waals surface area contributed by atoms with Gasteiger partial charge in [0.05, 0.1) is 6.54 Å². The van der Waals surface area contributed by atoms with Crippen molar-refractivity contribution in [1.82, 2.24) is 9.88 Å². The molecule has 2 bridgehead atoms. The summed E-state index contributed by atoms with van der Waals surface area (Å²) in [5.41, 5.74) is 3.55. The summed E-state index contributed by atoms with van der Waals surface area (Å²) < 4.78 is 0. The van der Waals surface area contributed by atoms with E-state index in [-0.39, 0.29) is 5.92 Å². The number of hydrogen-bond acceptors (Lipinski definition) is 1. The van der Waals surface area contributed by atoms with Crippen molar-refractivity contribution in [3.63, 3.8) is 0 Å². The average molecular weight is 294 g/mol. The molecule has 3 heteroatoms. The Labute approximate surface area is 131 Å². The molecule has 3 atom stereocenters. The van der Waals surface area contributed by atoms with Crippen LogP contribution in [-0.2, 0) is 11.3 Å². The molecule has 0 unspecified atom stereocenters. The largest absolute Gasteiger partial charge is 0.357 e. The Kier molecular flexibility index (Phi) is 3.10. The zero-order chi connectivity index (χ0) is 15.3. The van der Waals surface area contributed by atoms with E-state index in [1.54, 1.807) is 0 Å². The van der Waals surface area contributed by atoms with Crippen LogP contribution in [0.2, 0.25) is 0 Å². The van der Waals surface area contributed by atoms with Crippen molar-refractivity contribution >= 4 is 16.8 Å². The van der Waals surface area contributed by atoms with E-state index in [2.05, 4.69) is 42.3 Å². The lowest BCUT2D eigenvalue weighted by Gasteiger charge is -2.24. The molecule has 4 rings (SSSR count). The van der Waals surface area contributed by atoms with Crippen molar-refractivity contribution in [3.8, 4) is 0 Å². The zero-order valence-corrected chi connectivity index (χ0v) is 13.2. The lowest BCUT2D eigenvalue weighted by molar-refractivity contribution is -0.135. The number of benzene rings is 1. The van der Waals surface area contributed by atoms with Crippen molar-refractivity contribution in [2.45, 2.75) is 26.3 Å².